The zero-order valence-corrected chi connectivity index (χ0v) is 15.2. The van der Waals surface area contributed by atoms with Crippen LogP contribution in [0.5, 0.6) is 11.5 Å². The normalized spacial score (nSPS) is 10.3. The molecule has 26 heavy (non-hydrogen) atoms. The minimum absolute atomic E-state index is 0.299. The molecule has 0 aliphatic rings. The van der Waals surface area contributed by atoms with Crippen LogP contribution < -0.4 is 14.8 Å². The highest BCUT2D eigenvalue weighted by Gasteiger charge is 2.16. The summed E-state index contributed by atoms with van der Waals surface area (Å²) in [7, 11) is 0. The van der Waals surface area contributed by atoms with Gasteiger partial charge in [0, 0.05) is 0 Å². The molecule has 0 saturated heterocycles. The van der Waals surface area contributed by atoms with Crippen LogP contribution in [0.15, 0.2) is 34.7 Å². The predicted molar refractivity (Wildman–Crippen MR) is 94.6 cm³/mol. The number of ether oxygens (including phenoxy) is 3. The molecule has 1 heterocycles. The van der Waals surface area contributed by atoms with Crippen LogP contribution in [-0.4, -0.2) is 38.2 Å². The fourth-order valence-electron chi connectivity index (χ4n) is 2.25. The molecule has 0 aliphatic heterocycles. The third kappa shape index (κ3) is 5.84. The Balaban J connectivity index is 1.64. The van der Waals surface area contributed by atoms with Crippen LogP contribution in [0.4, 0.5) is 0 Å². The molecule has 0 bridgehead atoms. The number of rotatable bonds is 9. The molecule has 2 aromatic rings. The quantitative estimate of drug-likeness (QED) is 0.546. The fourth-order valence-corrected chi connectivity index (χ4v) is 2.25. The Morgan fingerprint density at radius 2 is 1.73 bits per heavy atom. The molecule has 0 unspecified atom stereocenters. The Labute approximate surface area is 152 Å². The highest BCUT2D eigenvalue weighted by molar-refractivity contribution is 5.92. The topological polar surface area (TPSA) is 87.0 Å². The molecule has 0 saturated carbocycles. The molecule has 7 nitrogen and oxygen atoms in total. The highest BCUT2D eigenvalue weighted by Crippen LogP contribution is 2.17. The number of aryl methyl sites for hydroxylation is 2. The van der Waals surface area contributed by atoms with E-state index in [4.69, 9.17) is 18.6 Å². The van der Waals surface area contributed by atoms with E-state index in [-0.39, 0.29) is 6.61 Å². The maximum absolute atomic E-state index is 11.9. The molecule has 0 spiro atoms. The minimum Gasteiger partial charge on any atom is -0.494 e. The second kappa shape index (κ2) is 9.50. The van der Waals surface area contributed by atoms with Crippen molar-refractivity contribution in [2.24, 2.45) is 0 Å². The number of nitrogens with one attached hydrogen (secondary N) is 1. The fraction of sp³-hybridized carbons (Fsp3) is 0.368. The molecule has 7 heteroatoms. The lowest BCUT2D eigenvalue weighted by Crippen LogP contribution is -2.32. The number of esters is 1. The number of carbonyl (C=O) groups excluding carboxylic acids is 2. The van der Waals surface area contributed by atoms with E-state index >= 15 is 0 Å². The van der Waals surface area contributed by atoms with Gasteiger partial charge in [-0.2, -0.15) is 0 Å². The summed E-state index contributed by atoms with van der Waals surface area (Å²) in [6, 6.07) is 8.81. The predicted octanol–water partition coefficient (Wildman–Crippen LogP) is 2.65. The van der Waals surface area contributed by atoms with Gasteiger partial charge in [0.1, 0.15) is 35.2 Å². The van der Waals surface area contributed by atoms with Gasteiger partial charge in [0.05, 0.1) is 13.2 Å². The van der Waals surface area contributed by atoms with Crippen LogP contribution >= 0.6 is 0 Å². The van der Waals surface area contributed by atoms with Gasteiger partial charge in [0.15, 0.2) is 6.61 Å². The van der Waals surface area contributed by atoms with Crippen molar-refractivity contribution in [3.63, 3.8) is 0 Å². The maximum atomic E-state index is 11.9. The average molecular weight is 361 g/mol. The number of furan rings is 1. The largest absolute Gasteiger partial charge is 0.494 e. The van der Waals surface area contributed by atoms with Gasteiger partial charge in [-0.05, 0) is 51.1 Å². The van der Waals surface area contributed by atoms with Crippen molar-refractivity contribution in [2.45, 2.75) is 20.8 Å². The van der Waals surface area contributed by atoms with Crippen molar-refractivity contribution < 1.29 is 28.2 Å². The SMILES string of the molecule is CCOc1ccc(OCCNC(=O)COC(=O)c2cc(C)oc2C)cc1. The van der Waals surface area contributed by atoms with Crippen LogP contribution in [0.3, 0.4) is 0 Å². The van der Waals surface area contributed by atoms with Gasteiger partial charge in [-0.1, -0.05) is 0 Å². The Morgan fingerprint density at radius 1 is 1.08 bits per heavy atom. The standard InChI is InChI=1S/C19H23NO6/c1-4-23-15-5-7-16(8-6-15)24-10-9-20-18(21)12-25-19(22)17-11-13(2)26-14(17)3/h5-8,11H,4,9-10,12H2,1-3H3,(H,20,21). The molecule has 140 valence electrons. The highest BCUT2D eigenvalue weighted by atomic mass is 16.5. The zero-order chi connectivity index (χ0) is 18.9. The Morgan fingerprint density at radius 3 is 2.31 bits per heavy atom. The molecule has 1 aromatic heterocycles. The summed E-state index contributed by atoms with van der Waals surface area (Å²) >= 11 is 0. The van der Waals surface area contributed by atoms with E-state index in [9.17, 15) is 9.59 Å². The first kappa shape index (κ1) is 19.4. The van der Waals surface area contributed by atoms with Crippen LogP contribution in [0, 0.1) is 13.8 Å². The molecule has 0 radical (unpaired) electrons. The first-order chi connectivity index (χ1) is 12.5. The van der Waals surface area contributed by atoms with Crippen LogP contribution in [-0.2, 0) is 9.53 Å². The van der Waals surface area contributed by atoms with Gasteiger partial charge in [-0.3, -0.25) is 4.79 Å². The molecule has 0 fully saturated rings. The summed E-state index contributed by atoms with van der Waals surface area (Å²) in [5.74, 6) is 1.56. The van der Waals surface area contributed by atoms with Crippen molar-refractivity contribution in [1.82, 2.24) is 5.32 Å². The number of hydrogen-bond acceptors (Lipinski definition) is 6. The van der Waals surface area contributed by atoms with Gasteiger partial charge >= 0.3 is 5.97 Å². The summed E-state index contributed by atoms with van der Waals surface area (Å²) in [4.78, 5) is 23.6. The molecular weight excluding hydrogens is 338 g/mol. The van der Waals surface area contributed by atoms with Crippen molar-refractivity contribution in [1.29, 1.82) is 0 Å². The van der Waals surface area contributed by atoms with Gasteiger partial charge in [-0.15, -0.1) is 0 Å². The Kier molecular flexibility index (Phi) is 7.08. The monoisotopic (exact) mass is 361 g/mol. The number of hydrogen-bond donors (Lipinski definition) is 1. The lowest BCUT2D eigenvalue weighted by Gasteiger charge is -2.09. The molecule has 0 atom stereocenters. The van der Waals surface area contributed by atoms with Gasteiger partial charge in [0.2, 0.25) is 0 Å². The van der Waals surface area contributed by atoms with Gasteiger partial charge < -0.3 is 23.9 Å². The summed E-state index contributed by atoms with van der Waals surface area (Å²) in [6.45, 7) is 6.17. The second-order valence-corrected chi connectivity index (χ2v) is 5.51. The van der Waals surface area contributed by atoms with Crippen molar-refractivity contribution in [3.05, 3.63) is 47.4 Å². The lowest BCUT2D eigenvalue weighted by atomic mass is 10.2. The zero-order valence-electron chi connectivity index (χ0n) is 15.2. The first-order valence-corrected chi connectivity index (χ1v) is 8.36. The second-order valence-electron chi connectivity index (χ2n) is 5.51. The van der Waals surface area contributed by atoms with Gasteiger partial charge in [0.25, 0.3) is 5.91 Å². The molecular formula is C19H23NO6. The molecule has 1 amide bonds. The first-order valence-electron chi connectivity index (χ1n) is 8.36. The summed E-state index contributed by atoms with van der Waals surface area (Å²) in [5, 5.41) is 2.62. The molecule has 1 N–H and O–H groups in total. The third-order valence-corrected chi connectivity index (χ3v) is 3.42. The third-order valence-electron chi connectivity index (χ3n) is 3.42. The van der Waals surface area contributed by atoms with E-state index < -0.39 is 11.9 Å². The van der Waals surface area contributed by atoms with E-state index in [1.807, 2.05) is 19.1 Å². The van der Waals surface area contributed by atoms with E-state index in [1.165, 1.54) is 0 Å². The minimum atomic E-state index is -0.583. The molecule has 0 aliphatic carbocycles. The lowest BCUT2D eigenvalue weighted by molar-refractivity contribution is -0.124. The number of benzene rings is 1. The van der Waals surface area contributed by atoms with Crippen molar-refractivity contribution >= 4 is 11.9 Å². The van der Waals surface area contributed by atoms with Crippen molar-refractivity contribution in [3.8, 4) is 11.5 Å². The van der Waals surface area contributed by atoms with E-state index in [1.54, 1.807) is 32.0 Å². The van der Waals surface area contributed by atoms with Crippen LogP contribution in [0.25, 0.3) is 0 Å². The Bertz CT molecular complexity index is 735. The van der Waals surface area contributed by atoms with Crippen LogP contribution in [0.2, 0.25) is 0 Å². The smallest absolute Gasteiger partial charge is 0.342 e. The molecule has 1 aromatic carbocycles. The maximum Gasteiger partial charge on any atom is 0.342 e. The summed E-state index contributed by atoms with van der Waals surface area (Å²) in [6.07, 6.45) is 0. The van der Waals surface area contributed by atoms with Crippen molar-refractivity contribution in [2.75, 3.05) is 26.4 Å². The summed E-state index contributed by atoms with van der Waals surface area (Å²) in [5.41, 5.74) is 0.328. The average Bonchev–Trinajstić information content (AvgIpc) is 2.96. The van der Waals surface area contributed by atoms with Gasteiger partial charge in [-0.25, -0.2) is 4.79 Å². The van der Waals surface area contributed by atoms with E-state index in [0.29, 0.717) is 42.6 Å². The van der Waals surface area contributed by atoms with E-state index in [2.05, 4.69) is 5.32 Å². The number of carbonyl (C=O) groups is 2. The van der Waals surface area contributed by atoms with E-state index in [0.717, 1.165) is 5.75 Å². The molecule has 2 rings (SSSR count). The van der Waals surface area contributed by atoms with Crippen LogP contribution in [0.1, 0.15) is 28.8 Å². The Hall–Kier alpha value is -2.96. The summed E-state index contributed by atoms with van der Waals surface area (Å²) < 4.78 is 21.1. The number of amides is 1.